The zero-order chi connectivity index (χ0) is 9.31. The van der Waals surface area contributed by atoms with Crippen LogP contribution in [-0.2, 0) is 0 Å². The van der Waals surface area contributed by atoms with Gasteiger partial charge < -0.3 is 10.2 Å². The van der Waals surface area contributed by atoms with Gasteiger partial charge in [-0.05, 0) is 58.3 Å². The molecule has 2 fully saturated rings. The minimum Gasteiger partial charge on any atom is -0.317 e. The number of piperidine rings is 1. The topological polar surface area (TPSA) is 15.3 Å². The van der Waals surface area contributed by atoms with Crippen LogP contribution in [0.4, 0.5) is 0 Å². The van der Waals surface area contributed by atoms with Crippen molar-refractivity contribution in [3.63, 3.8) is 0 Å². The van der Waals surface area contributed by atoms with Crippen LogP contribution in [0.5, 0.6) is 0 Å². The first-order valence-electron chi connectivity index (χ1n) is 5.62. The van der Waals surface area contributed by atoms with E-state index in [9.17, 15) is 0 Å². The van der Waals surface area contributed by atoms with E-state index in [4.69, 9.17) is 0 Å². The number of nitrogens with one attached hydrogen (secondary N) is 1. The molecule has 0 radical (unpaired) electrons. The Kier molecular flexibility index (Phi) is 2.61. The molecular weight excluding hydrogens is 160 g/mol. The highest BCUT2D eigenvalue weighted by molar-refractivity contribution is 4.98. The van der Waals surface area contributed by atoms with Crippen LogP contribution >= 0.6 is 0 Å². The molecule has 2 rings (SSSR count). The average molecular weight is 182 g/mol. The molecule has 1 saturated heterocycles. The molecule has 2 nitrogen and oxygen atoms in total. The van der Waals surface area contributed by atoms with Gasteiger partial charge in [-0.3, -0.25) is 0 Å². The maximum atomic E-state index is 3.48. The van der Waals surface area contributed by atoms with Crippen LogP contribution in [0.15, 0.2) is 0 Å². The van der Waals surface area contributed by atoms with Crippen molar-refractivity contribution in [2.75, 3.05) is 27.2 Å². The average Bonchev–Trinajstić information content (AvgIpc) is 2.50. The predicted molar refractivity (Wildman–Crippen MR) is 55.9 cm³/mol. The van der Waals surface area contributed by atoms with Crippen molar-refractivity contribution in [3.05, 3.63) is 0 Å². The summed E-state index contributed by atoms with van der Waals surface area (Å²) in [5.74, 6) is 0. The van der Waals surface area contributed by atoms with E-state index in [-0.39, 0.29) is 0 Å². The fraction of sp³-hybridized carbons (Fsp3) is 1.00. The summed E-state index contributed by atoms with van der Waals surface area (Å²) in [6, 6.07) is 0.856. The molecule has 1 saturated carbocycles. The lowest BCUT2D eigenvalue weighted by Gasteiger charge is -2.42. The zero-order valence-corrected chi connectivity index (χ0v) is 8.97. The molecule has 0 bridgehead atoms. The third-order valence-electron chi connectivity index (χ3n) is 4.08. The van der Waals surface area contributed by atoms with Crippen molar-refractivity contribution in [2.24, 2.45) is 5.41 Å². The van der Waals surface area contributed by atoms with Crippen molar-refractivity contribution in [1.29, 1.82) is 0 Å². The van der Waals surface area contributed by atoms with Gasteiger partial charge >= 0.3 is 0 Å². The second kappa shape index (κ2) is 3.58. The van der Waals surface area contributed by atoms with E-state index >= 15 is 0 Å². The molecule has 2 heteroatoms. The summed E-state index contributed by atoms with van der Waals surface area (Å²) in [6.45, 7) is 2.48. The Hall–Kier alpha value is -0.0800. The molecule has 0 aromatic heterocycles. The lowest BCUT2D eigenvalue weighted by atomic mass is 9.74. The first-order valence-corrected chi connectivity index (χ1v) is 5.62. The van der Waals surface area contributed by atoms with Gasteiger partial charge in [0.15, 0.2) is 0 Å². The van der Waals surface area contributed by atoms with Gasteiger partial charge in [-0.15, -0.1) is 0 Å². The maximum Gasteiger partial charge on any atom is 0.0147 e. The normalized spacial score (nSPS) is 33.0. The highest BCUT2D eigenvalue weighted by Gasteiger charge is 2.43. The van der Waals surface area contributed by atoms with Crippen molar-refractivity contribution in [1.82, 2.24) is 10.2 Å². The first-order chi connectivity index (χ1) is 6.25. The van der Waals surface area contributed by atoms with E-state index in [0.29, 0.717) is 5.41 Å². The van der Waals surface area contributed by atoms with E-state index < -0.39 is 0 Å². The molecule has 1 atom stereocenters. The van der Waals surface area contributed by atoms with Gasteiger partial charge in [-0.1, -0.05) is 6.42 Å². The fourth-order valence-electron chi connectivity index (χ4n) is 3.43. The van der Waals surface area contributed by atoms with Crippen molar-refractivity contribution in [3.8, 4) is 0 Å². The fourth-order valence-corrected chi connectivity index (χ4v) is 3.43. The third-order valence-corrected chi connectivity index (χ3v) is 4.08. The quantitative estimate of drug-likeness (QED) is 0.660. The van der Waals surface area contributed by atoms with E-state index in [0.717, 1.165) is 6.04 Å². The largest absolute Gasteiger partial charge is 0.317 e. The number of rotatable bonds is 1. The Labute approximate surface area is 81.7 Å². The number of hydrogen-bond acceptors (Lipinski definition) is 2. The van der Waals surface area contributed by atoms with Crippen LogP contribution in [0.1, 0.15) is 32.1 Å². The van der Waals surface area contributed by atoms with Crippen molar-refractivity contribution < 1.29 is 0 Å². The van der Waals surface area contributed by atoms with E-state index in [1.807, 2.05) is 0 Å². The Morgan fingerprint density at radius 2 is 1.85 bits per heavy atom. The maximum absolute atomic E-state index is 3.48. The Bertz CT molecular complexity index is 171. The molecule has 1 N–H and O–H groups in total. The molecule has 0 amide bonds. The van der Waals surface area contributed by atoms with Gasteiger partial charge in [0.1, 0.15) is 0 Å². The number of hydrogen-bond donors (Lipinski definition) is 1. The summed E-state index contributed by atoms with van der Waals surface area (Å²) in [5, 5.41) is 3.48. The van der Waals surface area contributed by atoms with Crippen LogP contribution < -0.4 is 5.32 Å². The van der Waals surface area contributed by atoms with Crippen LogP contribution in [0, 0.1) is 5.41 Å². The lowest BCUT2D eigenvalue weighted by molar-refractivity contribution is 0.0948. The van der Waals surface area contributed by atoms with Gasteiger partial charge in [0.2, 0.25) is 0 Å². The lowest BCUT2D eigenvalue weighted by Crippen LogP contribution is -2.46. The first kappa shape index (κ1) is 9.47. The molecule has 1 aliphatic carbocycles. The van der Waals surface area contributed by atoms with Crippen LogP contribution in [0.3, 0.4) is 0 Å². The van der Waals surface area contributed by atoms with E-state index in [1.165, 1.54) is 45.2 Å². The highest BCUT2D eigenvalue weighted by atomic mass is 15.1. The molecule has 1 spiro atoms. The molecule has 1 unspecified atom stereocenters. The number of nitrogens with zero attached hydrogens (tertiary/aromatic N) is 1. The molecule has 1 heterocycles. The van der Waals surface area contributed by atoms with Gasteiger partial charge in [0.05, 0.1) is 0 Å². The summed E-state index contributed by atoms with van der Waals surface area (Å²) >= 11 is 0. The second-order valence-corrected chi connectivity index (χ2v) is 4.98. The SMILES string of the molecule is CN(C)C1CCCC12CCNCC2. The summed E-state index contributed by atoms with van der Waals surface area (Å²) in [4.78, 5) is 2.46. The van der Waals surface area contributed by atoms with Gasteiger partial charge in [0, 0.05) is 6.04 Å². The summed E-state index contributed by atoms with van der Waals surface area (Å²) in [6.07, 6.45) is 7.14. The minimum absolute atomic E-state index is 0.675. The van der Waals surface area contributed by atoms with Crippen LogP contribution in [0.25, 0.3) is 0 Å². The molecule has 1 aliphatic heterocycles. The molecule has 76 valence electrons. The molecule has 0 aromatic rings. The predicted octanol–water partition coefficient (Wildman–Crippen LogP) is 1.47. The van der Waals surface area contributed by atoms with E-state index in [2.05, 4.69) is 24.3 Å². The highest BCUT2D eigenvalue weighted by Crippen LogP contribution is 2.46. The monoisotopic (exact) mass is 182 g/mol. The Balaban J connectivity index is 2.09. The van der Waals surface area contributed by atoms with Crippen molar-refractivity contribution >= 4 is 0 Å². The molecule has 13 heavy (non-hydrogen) atoms. The van der Waals surface area contributed by atoms with Crippen molar-refractivity contribution in [2.45, 2.75) is 38.1 Å². The molecular formula is C11H22N2. The molecule has 0 aromatic carbocycles. The van der Waals surface area contributed by atoms with E-state index in [1.54, 1.807) is 0 Å². The Morgan fingerprint density at radius 1 is 1.15 bits per heavy atom. The summed E-state index contributed by atoms with van der Waals surface area (Å²) in [7, 11) is 4.50. The van der Waals surface area contributed by atoms with Crippen LogP contribution in [-0.4, -0.2) is 38.1 Å². The van der Waals surface area contributed by atoms with Gasteiger partial charge in [0.25, 0.3) is 0 Å². The van der Waals surface area contributed by atoms with Crippen LogP contribution in [0.2, 0.25) is 0 Å². The zero-order valence-electron chi connectivity index (χ0n) is 8.97. The summed E-state index contributed by atoms with van der Waals surface area (Å²) in [5.41, 5.74) is 0.675. The minimum atomic E-state index is 0.675. The standard InChI is InChI=1S/C11H22N2/c1-13(2)10-4-3-5-11(10)6-8-12-9-7-11/h10,12H,3-9H2,1-2H3. The van der Waals surface area contributed by atoms with Gasteiger partial charge in [-0.2, -0.15) is 0 Å². The smallest absolute Gasteiger partial charge is 0.0147 e. The third kappa shape index (κ3) is 1.62. The second-order valence-electron chi connectivity index (χ2n) is 4.98. The summed E-state index contributed by atoms with van der Waals surface area (Å²) < 4.78 is 0. The Morgan fingerprint density at radius 3 is 2.46 bits per heavy atom. The molecule has 2 aliphatic rings. The van der Waals surface area contributed by atoms with Gasteiger partial charge in [-0.25, -0.2) is 0 Å².